The Hall–Kier alpha value is -3.47. The first-order valence-corrected chi connectivity index (χ1v) is 8.13. The molecule has 1 aliphatic heterocycles. The van der Waals surface area contributed by atoms with Crippen LogP contribution in [-0.4, -0.2) is 11.7 Å². The molecule has 0 radical (unpaired) electrons. The van der Waals surface area contributed by atoms with Gasteiger partial charge in [-0.1, -0.05) is 12.1 Å². The molecule has 0 bridgehead atoms. The van der Waals surface area contributed by atoms with Gasteiger partial charge in [0, 0.05) is 11.6 Å². The third-order valence-corrected chi connectivity index (χ3v) is 4.04. The van der Waals surface area contributed by atoms with Crippen LogP contribution in [-0.2, 0) is 4.79 Å². The molecule has 1 amide bonds. The van der Waals surface area contributed by atoms with Crippen molar-refractivity contribution in [3.05, 3.63) is 95.3 Å². The molecule has 0 spiro atoms. The second-order valence-corrected chi connectivity index (χ2v) is 5.97. The summed E-state index contributed by atoms with van der Waals surface area (Å²) in [4.78, 5) is 19.1. The molecule has 128 valence electrons. The lowest BCUT2D eigenvalue weighted by atomic mass is 10.1. The highest BCUT2D eigenvalue weighted by Gasteiger charge is 2.32. The van der Waals surface area contributed by atoms with Gasteiger partial charge in [-0.05, 0) is 61.0 Å². The van der Waals surface area contributed by atoms with Crippen molar-refractivity contribution < 1.29 is 13.6 Å². The fourth-order valence-corrected chi connectivity index (χ4v) is 2.82. The van der Waals surface area contributed by atoms with E-state index in [4.69, 9.17) is 4.42 Å². The van der Waals surface area contributed by atoms with Gasteiger partial charge in [0.15, 0.2) is 0 Å². The Kier molecular flexibility index (Phi) is 3.97. The average Bonchev–Trinajstić information content (AvgIpc) is 3.25. The lowest BCUT2D eigenvalue weighted by molar-refractivity contribution is -0.113. The Morgan fingerprint density at radius 3 is 2.58 bits per heavy atom. The predicted octanol–water partition coefficient (Wildman–Crippen LogP) is 4.56. The third kappa shape index (κ3) is 2.95. The summed E-state index contributed by atoms with van der Waals surface area (Å²) in [6.07, 6.45) is 3.14. The van der Waals surface area contributed by atoms with Crippen LogP contribution in [0, 0.1) is 12.7 Å². The normalized spacial score (nSPS) is 15.6. The number of hydrogen-bond acceptors (Lipinski definition) is 3. The van der Waals surface area contributed by atoms with Gasteiger partial charge < -0.3 is 4.42 Å². The van der Waals surface area contributed by atoms with Crippen LogP contribution in [0.1, 0.15) is 16.9 Å². The summed E-state index contributed by atoms with van der Waals surface area (Å²) in [5.74, 6) is 0.401. The Labute approximate surface area is 149 Å². The number of furan rings is 1. The molecule has 5 heteroatoms. The van der Waals surface area contributed by atoms with Gasteiger partial charge in [-0.2, -0.15) is 0 Å². The van der Waals surface area contributed by atoms with Crippen LogP contribution in [0.5, 0.6) is 0 Å². The zero-order chi connectivity index (χ0) is 18.1. The van der Waals surface area contributed by atoms with Gasteiger partial charge in [-0.3, -0.25) is 9.69 Å². The molecule has 0 atom stereocenters. The molecule has 1 aromatic heterocycles. The summed E-state index contributed by atoms with van der Waals surface area (Å²) in [6.45, 7) is 1.96. The number of amidine groups is 1. The minimum absolute atomic E-state index is 0.258. The standard InChI is InChI=1S/C21H15FN2O2/c1-14-4-2-5-17(12-14)24-20(15-7-9-16(22)10-8-15)23-19(21(24)25)13-18-6-3-11-26-18/h2-13H,1H3/b19-13+. The van der Waals surface area contributed by atoms with Crippen molar-refractivity contribution in [3.63, 3.8) is 0 Å². The Morgan fingerprint density at radius 1 is 1.08 bits per heavy atom. The second kappa shape index (κ2) is 6.44. The molecule has 0 aliphatic carbocycles. The first kappa shape index (κ1) is 16.0. The van der Waals surface area contributed by atoms with E-state index in [9.17, 15) is 9.18 Å². The van der Waals surface area contributed by atoms with Crippen molar-refractivity contribution in [1.29, 1.82) is 0 Å². The van der Waals surface area contributed by atoms with Gasteiger partial charge >= 0.3 is 0 Å². The minimum Gasteiger partial charge on any atom is -0.465 e. The van der Waals surface area contributed by atoms with E-state index in [1.165, 1.54) is 23.3 Å². The highest BCUT2D eigenvalue weighted by molar-refractivity contribution is 6.33. The fourth-order valence-electron chi connectivity index (χ4n) is 2.82. The first-order valence-electron chi connectivity index (χ1n) is 8.13. The van der Waals surface area contributed by atoms with Crippen LogP contribution in [0.4, 0.5) is 10.1 Å². The number of benzene rings is 2. The average molecular weight is 346 g/mol. The highest BCUT2D eigenvalue weighted by atomic mass is 19.1. The van der Waals surface area contributed by atoms with Crippen molar-refractivity contribution in [2.75, 3.05) is 4.90 Å². The third-order valence-electron chi connectivity index (χ3n) is 4.04. The lowest BCUT2D eigenvalue weighted by Gasteiger charge is -2.19. The monoisotopic (exact) mass is 346 g/mol. The minimum atomic E-state index is -0.341. The smallest absolute Gasteiger partial charge is 0.282 e. The number of rotatable bonds is 3. The van der Waals surface area contributed by atoms with Crippen LogP contribution >= 0.6 is 0 Å². The molecule has 3 aromatic rings. The molecule has 0 unspecified atom stereocenters. The first-order chi connectivity index (χ1) is 12.6. The number of hydrogen-bond donors (Lipinski definition) is 0. The van der Waals surface area contributed by atoms with Gasteiger partial charge in [0.1, 0.15) is 23.1 Å². The highest BCUT2D eigenvalue weighted by Crippen LogP contribution is 2.28. The molecular formula is C21H15FN2O2. The molecule has 4 nitrogen and oxygen atoms in total. The summed E-state index contributed by atoms with van der Waals surface area (Å²) >= 11 is 0. The van der Waals surface area contributed by atoms with Crippen LogP contribution in [0.15, 0.2) is 82.0 Å². The molecule has 4 rings (SSSR count). The topological polar surface area (TPSA) is 45.8 Å². The molecule has 2 aromatic carbocycles. The number of carbonyl (C=O) groups excluding carboxylic acids is 1. The van der Waals surface area contributed by atoms with E-state index in [2.05, 4.69) is 4.99 Å². The number of carbonyl (C=O) groups is 1. The van der Waals surface area contributed by atoms with Gasteiger partial charge in [0.05, 0.1) is 12.0 Å². The summed E-state index contributed by atoms with van der Waals surface area (Å²) < 4.78 is 18.6. The molecule has 0 saturated heterocycles. The number of aryl methyl sites for hydroxylation is 1. The zero-order valence-corrected chi connectivity index (χ0v) is 14.0. The molecule has 1 aliphatic rings. The largest absolute Gasteiger partial charge is 0.465 e. The summed E-state index contributed by atoms with van der Waals surface area (Å²) in [6, 6.07) is 17.0. The molecular weight excluding hydrogens is 331 g/mol. The van der Waals surface area contributed by atoms with E-state index < -0.39 is 0 Å². The van der Waals surface area contributed by atoms with Crippen molar-refractivity contribution >= 4 is 23.5 Å². The molecule has 0 saturated carbocycles. The number of anilines is 1. The number of amides is 1. The van der Waals surface area contributed by atoms with Gasteiger partial charge in [0.2, 0.25) is 0 Å². The van der Waals surface area contributed by atoms with Crippen LogP contribution < -0.4 is 4.90 Å². The number of nitrogens with zero attached hydrogens (tertiary/aromatic N) is 2. The van der Waals surface area contributed by atoms with E-state index in [1.54, 1.807) is 30.3 Å². The number of halogens is 1. The van der Waals surface area contributed by atoms with Crippen LogP contribution in [0.3, 0.4) is 0 Å². The van der Waals surface area contributed by atoms with E-state index in [0.29, 0.717) is 22.8 Å². The molecule has 2 heterocycles. The lowest BCUT2D eigenvalue weighted by Crippen LogP contribution is -2.32. The van der Waals surface area contributed by atoms with E-state index in [-0.39, 0.29) is 17.4 Å². The Balaban J connectivity index is 1.84. The van der Waals surface area contributed by atoms with Crippen molar-refractivity contribution in [1.82, 2.24) is 0 Å². The zero-order valence-electron chi connectivity index (χ0n) is 14.0. The van der Waals surface area contributed by atoms with E-state index in [1.807, 2.05) is 31.2 Å². The van der Waals surface area contributed by atoms with Crippen LogP contribution in [0.25, 0.3) is 6.08 Å². The summed E-state index contributed by atoms with van der Waals surface area (Å²) in [5.41, 5.74) is 2.66. The fraction of sp³-hybridized carbons (Fsp3) is 0.0476. The Morgan fingerprint density at radius 2 is 1.88 bits per heavy atom. The van der Waals surface area contributed by atoms with E-state index >= 15 is 0 Å². The summed E-state index contributed by atoms with van der Waals surface area (Å²) in [5, 5.41) is 0. The maximum Gasteiger partial charge on any atom is 0.282 e. The van der Waals surface area contributed by atoms with E-state index in [0.717, 1.165) is 5.56 Å². The maximum absolute atomic E-state index is 13.3. The summed E-state index contributed by atoms with van der Waals surface area (Å²) in [7, 11) is 0. The molecule has 0 N–H and O–H groups in total. The predicted molar refractivity (Wildman–Crippen MR) is 98.3 cm³/mol. The van der Waals surface area contributed by atoms with Crippen molar-refractivity contribution in [2.24, 2.45) is 4.99 Å². The maximum atomic E-state index is 13.3. The SMILES string of the molecule is Cc1cccc(N2C(=O)/C(=C\c3ccco3)N=C2c2ccc(F)cc2)c1. The van der Waals surface area contributed by atoms with Gasteiger partial charge in [-0.15, -0.1) is 0 Å². The Bertz CT molecular complexity index is 1020. The number of aliphatic imine (C=N–C) groups is 1. The second-order valence-electron chi connectivity index (χ2n) is 5.97. The van der Waals surface area contributed by atoms with Gasteiger partial charge in [-0.25, -0.2) is 9.38 Å². The van der Waals surface area contributed by atoms with Gasteiger partial charge in [0.25, 0.3) is 5.91 Å². The van der Waals surface area contributed by atoms with Crippen molar-refractivity contribution in [3.8, 4) is 0 Å². The quantitative estimate of drug-likeness (QED) is 0.653. The van der Waals surface area contributed by atoms with Crippen molar-refractivity contribution in [2.45, 2.75) is 6.92 Å². The molecule has 0 fully saturated rings. The molecule has 26 heavy (non-hydrogen) atoms. The van der Waals surface area contributed by atoms with Crippen LogP contribution in [0.2, 0.25) is 0 Å².